The van der Waals surface area contributed by atoms with Crippen molar-refractivity contribution in [2.75, 3.05) is 20.2 Å². The first-order chi connectivity index (χ1) is 7.41. The standard InChI is InChI=1S/C3H9NO9P3.3Na/c5-14(6)11-1-4(2-12-15(7)8)3-13-16(9)10;;;/h5-7H,1-3H2;;;/q-3;3*+1. The molecular formula is C3H9NNa3O9P3. The van der Waals surface area contributed by atoms with Crippen molar-refractivity contribution in [3.05, 3.63) is 0 Å². The van der Waals surface area contributed by atoms with Crippen molar-refractivity contribution in [2.45, 2.75) is 0 Å². The third kappa shape index (κ3) is 24.3. The molecule has 3 N–H and O–H groups in total. The molecule has 0 fully saturated rings. The molecule has 16 heteroatoms. The van der Waals surface area contributed by atoms with Gasteiger partial charge in [0.05, 0.1) is 8.60 Å². The predicted molar refractivity (Wildman–Crippen MR) is 47.1 cm³/mol. The zero-order chi connectivity index (χ0) is 12.6. The van der Waals surface area contributed by atoms with E-state index in [1.807, 2.05) is 0 Å². The van der Waals surface area contributed by atoms with E-state index >= 15 is 0 Å². The maximum Gasteiger partial charge on any atom is 1.00 e. The third-order valence-electron chi connectivity index (χ3n) is 1.05. The molecule has 0 aliphatic rings. The van der Waals surface area contributed by atoms with Crippen LogP contribution < -0.4 is 103 Å². The van der Waals surface area contributed by atoms with Gasteiger partial charge in [0.2, 0.25) is 0 Å². The molecule has 0 saturated heterocycles. The topological polar surface area (TPSA) is 161 Å². The molecule has 0 spiro atoms. The first kappa shape index (κ1) is 30.7. The minimum Gasteiger partial charge on any atom is -0.820 e. The summed E-state index contributed by atoms with van der Waals surface area (Å²) in [7, 11) is -8.58. The van der Waals surface area contributed by atoms with E-state index in [1.165, 1.54) is 0 Å². The van der Waals surface area contributed by atoms with Gasteiger partial charge in [0, 0.05) is 0 Å². The zero-order valence-electron chi connectivity index (χ0n) is 10.7. The fraction of sp³-hybridized carbons (Fsp3) is 1.00. The van der Waals surface area contributed by atoms with Gasteiger partial charge < -0.3 is 38.4 Å². The Labute approximate surface area is 180 Å². The van der Waals surface area contributed by atoms with Crippen molar-refractivity contribution in [1.82, 2.24) is 4.90 Å². The molecule has 0 aromatic heterocycles. The van der Waals surface area contributed by atoms with Crippen LogP contribution in [0.25, 0.3) is 0 Å². The normalized spacial score (nSPS) is 11.8. The average Bonchev–Trinajstić information content (AvgIpc) is 2.15. The van der Waals surface area contributed by atoms with Gasteiger partial charge in [-0.1, -0.05) is 0 Å². The van der Waals surface area contributed by atoms with Crippen LogP contribution in [0, 0.1) is 0 Å². The van der Waals surface area contributed by atoms with E-state index in [0.29, 0.717) is 0 Å². The quantitative estimate of drug-likeness (QED) is 0.203. The van der Waals surface area contributed by atoms with E-state index in [2.05, 4.69) is 13.6 Å². The van der Waals surface area contributed by atoms with Gasteiger partial charge in [0.15, 0.2) is 0 Å². The van der Waals surface area contributed by atoms with Crippen molar-refractivity contribution in [2.24, 2.45) is 0 Å². The van der Waals surface area contributed by atoms with E-state index in [9.17, 15) is 14.7 Å². The van der Waals surface area contributed by atoms with Crippen LogP contribution >= 0.6 is 25.8 Å². The van der Waals surface area contributed by atoms with E-state index < -0.39 is 46.0 Å². The third-order valence-corrected chi connectivity index (χ3v) is 2.06. The van der Waals surface area contributed by atoms with E-state index in [1.54, 1.807) is 0 Å². The molecule has 1 atom stereocenters. The van der Waals surface area contributed by atoms with Crippen LogP contribution in [0.1, 0.15) is 0 Å². The van der Waals surface area contributed by atoms with Gasteiger partial charge in [-0.15, -0.1) is 0 Å². The second-order valence-corrected chi connectivity index (χ2v) is 4.36. The van der Waals surface area contributed by atoms with E-state index in [-0.39, 0.29) is 88.7 Å². The number of hydrogen-bond donors (Lipinski definition) is 3. The number of rotatable bonds is 9. The van der Waals surface area contributed by atoms with Crippen LogP contribution in [0.3, 0.4) is 0 Å². The smallest absolute Gasteiger partial charge is 0.820 e. The Bertz CT molecular complexity index is 154. The van der Waals surface area contributed by atoms with Crippen LogP contribution in [0.15, 0.2) is 0 Å². The summed E-state index contributed by atoms with van der Waals surface area (Å²) in [6, 6.07) is 0. The molecular weight excluding hydrogens is 356 g/mol. The maximum absolute atomic E-state index is 10.2. The largest absolute Gasteiger partial charge is 1.00 e. The van der Waals surface area contributed by atoms with Gasteiger partial charge in [-0.3, -0.25) is 4.52 Å². The summed E-state index contributed by atoms with van der Waals surface area (Å²) >= 11 is 0. The van der Waals surface area contributed by atoms with Crippen molar-refractivity contribution in [3.63, 3.8) is 0 Å². The Kier molecular flexibility index (Phi) is 32.3. The Morgan fingerprint density at radius 1 is 0.789 bits per heavy atom. The van der Waals surface area contributed by atoms with Crippen molar-refractivity contribution in [1.29, 1.82) is 0 Å². The first-order valence-electron chi connectivity index (χ1n) is 3.51. The molecule has 0 aliphatic carbocycles. The molecule has 1 unspecified atom stereocenters. The summed E-state index contributed by atoms with van der Waals surface area (Å²) in [5.74, 6) is 0. The first-order valence-corrected chi connectivity index (χ1v) is 6.90. The summed E-state index contributed by atoms with van der Waals surface area (Å²) in [6.45, 7) is -1.42. The predicted octanol–water partition coefficient (Wildman–Crippen LogP) is -12.0. The molecule has 0 saturated carbocycles. The van der Waals surface area contributed by atoms with Crippen molar-refractivity contribution >= 4 is 25.8 Å². The van der Waals surface area contributed by atoms with Gasteiger partial charge in [-0.05, 0) is 0 Å². The minimum absolute atomic E-state index is 0. The fourth-order valence-electron chi connectivity index (χ4n) is 0.505. The monoisotopic (exact) mass is 365 g/mol. The Hall–Kier alpha value is 3.89. The average molecular weight is 365 g/mol. The molecule has 0 aliphatic heterocycles. The van der Waals surface area contributed by atoms with Crippen LogP contribution in [-0.4, -0.2) is 39.8 Å². The molecule has 0 heterocycles. The molecule has 19 heavy (non-hydrogen) atoms. The van der Waals surface area contributed by atoms with Gasteiger partial charge >= 0.3 is 97.3 Å². The molecule has 0 radical (unpaired) electrons. The van der Waals surface area contributed by atoms with Crippen LogP contribution in [-0.2, 0) is 13.6 Å². The molecule has 0 amide bonds. The van der Waals surface area contributed by atoms with E-state index in [0.717, 1.165) is 4.90 Å². The van der Waals surface area contributed by atoms with Crippen molar-refractivity contribution in [3.8, 4) is 0 Å². The minimum atomic E-state index is -3.09. The summed E-state index contributed by atoms with van der Waals surface area (Å²) in [5.41, 5.74) is 0. The fourth-order valence-corrected chi connectivity index (χ4v) is 1.29. The van der Waals surface area contributed by atoms with E-state index in [4.69, 9.17) is 14.7 Å². The summed E-state index contributed by atoms with van der Waals surface area (Å²) in [5, 5.41) is 0. The second kappa shape index (κ2) is 19.9. The van der Waals surface area contributed by atoms with Crippen LogP contribution in [0.4, 0.5) is 0 Å². The zero-order valence-corrected chi connectivity index (χ0v) is 19.4. The molecule has 0 bridgehead atoms. The molecule has 10 nitrogen and oxygen atoms in total. The number of nitrogens with zero attached hydrogens (tertiary/aromatic N) is 1. The summed E-state index contributed by atoms with van der Waals surface area (Å²) in [6.07, 6.45) is 0. The Balaban J connectivity index is -0.000000375. The van der Waals surface area contributed by atoms with Crippen molar-refractivity contribution < 1.29 is 132 Å². The Morgan fingerprint density at radius 2 is 1.21 bits per heavy atom. The molecule has 98 valence electrons. The summed E-state index contributed by atoms with van der Waals surface area (Å²) in [4.78, 5) is 56.5. The number of hydrogen-bond acceptors (Lipinski definition) is 10. The molecule has 0 aromatic carbocycles. The van der Waals surface area contributed by atoms with Gasteiger partial charge in [-0.25, -0.2) is 4.90 Å². The summed E-state index contributed by atoms with van der Waals surface area (Å²) < 4.78 is 12.7. The van der Waals surface area contributed by atoms with Crippen LogP contribution in [0.2, 0.25) is 0 Å². The second-order valence-electron chi connectivity index (χ2n) is 2.16. The molecule has 0 aromatic rings. The molecule has 0 rings (SSSR count). The van der Waals surface area contributed by atoms with Crippen LogP contribution in [0.5, 0.6) is 0 Å². The Morgan fingerprint density at radius 3 is 1.58 bits per heavy atom. The maximum atomic E-state index is 10.2. The van der Waals surface area contributed by atoms with Gasteiger partial charge in [0.1, 0.15) is 20.2 Å². The SMILES string of the molecule is [Na+].[Na+].[Na+].[O-]P([O-])OCN(COP([O-])O)COP(O)O. The van der Waals surface area contributed by atoms with Gasteiger partial charge in [-0.2, -0.15) is 8.60 Å². The van der Waals surface area contributed by atoms with Gasteiger partial charge in [0.25, 0.3) is 0 Å².